The number of nitrogens with zero attached hydrogens (tertiary/aromatic N) is 3. The minimum absolute atomic E-state index is 0.0353. The molecule has 0 aliphatic heterocycles. The number of hydrogen-bond donors (Lipinski definition) is 2. The molecule has 0 fully saturated rings. The third kappa shape index (κ3) is 2.92. The Morgan fingerprint density at radius 3 is 2.61 bits per heavy atom. The molecular weight excluding hydrogens is 288 g/mol. The Labute approximate surface area is 136 Å². The molecule has 3 aromatic rings. The summed E-state index contributed by atoms with van der Waals surface area (Å²) in [6, 6.07) is 12.1. The van der Waals surface area contributed by atoms with Crippen molar-refractivity contribution in [3.8, 4) is 11.3 Å². The third-order valence-electron chi connectivity index (χ3n) is 4.00. The molecule has 0 aliphatic carbocycles. The molecule has 0 saturated carbocycles. The SMILES string of the molecule is CCC(CO)Nc1nc(-c2ccccc2)c2c(C)cc(C)nn12. The Morgan fingerprint density at radius 2 is 1.96 bits per heavy atom. The summed E-state index contributed by atoms with van der Waals surface area (Å²) in [7, 11) is 0. The van der Waals surface area contributed by atoms with Crippen molar-refractivity contribution in [2.45, 2.75) is 33.2 Å². The highest BCUT2D eigenvalue weighted by atomic mass is 16.3. The van der Waals surface area contributed by atoms with E-state index in [-0.39, 0.29) is 12.6 Å². The normalized spacial score (nSPS) is 12.5. The third-order valence-corrected chi connectivity index (χ3v) is 4.00. The van der Waals surface area contributed by atoms with Crippen LogP contribution in [0.4, 0.5) is 5.95 Å². The minimum Gasteiger partial charge on any atom is -0.394 e. The van der Waals surface area contributed by atoms with Gasteiger partial charge in [0.1, 0.15) is 5.69 Å². The molecule has 5 heteroatoms. The summed E-state index contributed by atoms with van der Waals surface area (Å²) in [5.74, 6) is 0.673. The van der Waals surface area contributed by atoms with Crippen molar-refractivity contribution in [3.05, 3.63) is 47.7 Å². The first kappa shape index (κ1) is 15.5. The summed E-state index contributed by atoms with van der Waals surface area (Å²) in [5, 5.41) is 17.4. The van der Waals surface area contributed by atoms with Crippen molar-refractivity contribution in [1.29, 1.82) is 0 Å². The topological polar surface area (TPSA) is 62.5 Å². The molecule has 2 N–H and O–H groups in total. The molecular formula is C18H22N4O. The minimum atomic E-state index is -0.0353. The van der Waals surface area contributed by atoms with Crippen LogP contribution in [0.15, 0.2) is 36.4 Å². The van der Waals surface area contributed by atoms with Crippen LogP contribution in [0.3, 0.4) is 0 Å². The average molecular weight is 310 g/mol. The van der Waals surface area contributed by atoms with E-state index in [1.54, 1.807) is 0 Å². The molecule has 2 aromatic heterocycles. The quantitative estimate of drug-likeness (QED) is 0.759. The number of anilines is 1. The predicted molar refractivity (Wildman–Crippen MR) is 92.7 cm³/mol. The second-order valence-electron chi connectivity index (χ2n) is 5.81. The van der Waals surface area contributed by atoms with Crippen molar-refractivity contribution in [2.24, 2.45) is 0 Å². The maximum absolute atomic E-state index is 9.47. The fourth-order valence-electron chi connectivity index (χ4n) is 2.78. The number of aliphatic hydroxyl groups excluding tert-OH is 1. The highest BCUT2D eigenvalue weighted by Gasteiger charge is 2.18. The second kappa shape index (κ2) is 6.38. The van der Waals surface area contributed by atoms with Crippen molar-refractivity contribution < 1.29 is 5.11 Å². The van der Waals surface area contributed by atoms with Crippen LogP contribution in [0.2, 0.25) is 0 Å². The maximum atomic E-state index is 9.47. The van der Waals surface area contributed by atoms with Gasteiger partial charge in [-0.2, -0.15) is 9.61 Å². The lowest BCUT2D eigenvalue weighted by molar-refractivity contribution is 0.271. The van der Waals surface area contributed by atoms with Gasteiger partial charge in [0.05, 0.1) is 23.9 Å². The molecule has 0 amide bonds. The molecule has 0 bridgehead atoms. The summed E-state index contributed by atoms with van der Waals surface area (Å²) >= 11 is 0. The van der Waals surface area contributed by atoms with Gasteiger partial charge < -0.3 is 10.4 Å². The number of hydrogen-bond acceptors (Lipinski definition) is 4. The molecule has 0 aliphatic rings. The number of nitrogens with one attached hydrogen (secondary N) is 1. The van der Waals surface area contributed by atoms with Gasteiger partial charge in [0.2, 0.25) is 5.95 Å². The lowest BCUT2D eigenvalue weighted by Gasteiger charge is -2.13. The van der Waals surface area contributed by atoms with Crippen LogP contribution in [-0.2, 0) is 0 Å². The maximum Gasteiger partial charge on any atom is 0.225 e. The number of benzene rings is 1. The number of aromatic nitrogens is 3. The second-order valence-corrected chi connectivity index (χ2v) is 5.81. The van der Waals surface area contributed by atoms with E-state index in [0.717, 1.165) is 34.5 Å². The van der Waals surface area contributed by atoms with E-state index in [2.05, 4.69) is 35.5 Å². The Balaban J connectivity index is 2.21. The first-order valence-corrected chi connectivity index (χ1v) is 7.93. The molecule has 0 radical (unpaired) electrons. The molecule has 2 heterocycles. The van der Waals surface area contributed by atoms with E-state index >= 15 is 0 Å². The summed E-state index contributed by atoms with van der Waals surface area (Å²) in [6.45, 7) is 6.15. The highest BCUT2D eigenvalue weighted by Crippen LogP contribution is 2.29. The van der Waals surface area contributed by atoms with Gasteiger partial charge in [0, 0.05) is 5.56 Å². The van der Waals surface area contributed by atoms with Crippen LogP contribution in [0.25, 0.3) is 16.8 Å². The molecule has 1 unspecified atom stereocenters. The number of fused-ring (bicyclic) bond motifs is 1. The molecule has 3 rings (SSSR count). The van der Waals surface area contributed by atoms with Crippen LogP contribution in [-0.4, -0.2) is 32.4 Å². The van der Waals surface area contributed by atoms with E-state index in [1.165, 1.54) is 0 Å². The molecule has 1 aromatic carbocycles. The van der Waals surface area contributed by atoms with Crippen molar-refractivity contribution in [2.75, 3.05) is 11.9 Å². The van der Waals surface area contributed by atoms with Crippen LogP contribution < -0.4 is 5.32 Å². The monoisotopic (exact) mass is 310 g/mol. The molecule has 1 atom stereocenters. The van der Waals surface area contributed by atoms with Crippen LogP contribution in [0, 0.1) is 13.8 Å². The van der Waals surface area contributed by atoms with Gasteiger partial charge in [-0.25, -0.2) is 4.98 Å². The first-order valence-electron chi connectivity index (χ1n) is 7.93. The zero-order valence-electron chi connectivity index (χ0n) is 13.7. The zero-order valence-corrected chi connectivity index (χ0v) is 13.7. The van der Waals surface area contributed by atoms with E-state index in [4.69, 9.17) is 4.98 Å². The fraction of sp³-hybridized carbons (Fsp3) is 0.333. The van der Waals surface area contributed by atoms with E-state index in [0.29, 0.717) is 5.95 Å². The summed E-state index contributed by atoms with van der Waals surface area (Å²) in [5.41, 5.74) is 5.04. The van der Waals surface area contributed by atoms with E-state index in [9.17, 15) is 5.11 Å². The van der Waals surface area contributed by atoms with Crippen molar-refractivity contribution >= 4 is 11.5 Å². The van der Waals surface area contributed by atoms with Gasteiger partial charge in [-0.3, -0.25) is 0 Å². The van der Waals surface area contributed by atoms with E-state index < -0.39 is 0 Å². The van der Waals surface area contributed by atoms with Gasteiger partial charge in [0.15, 0.2) is 0 Å². The summed E-state index contributed by atoms with van der Waals surface area (Å²) in [6.07, 6.45) is 0.816. The lowest BCUT2D eigenvalue weighted by Crippen LogP contribution is -2.24. The van der Waals surface area contributed by atoms with Gasteiger partial charge in [-0.15, -0.1) is 0 Å². The Bertz CT molecular complexity index is 807. The number of rotatable bonds is 5. The largest absolute Gasteiger partial charge is 0.394 e. The standard InChI is InChI=1S/C18H22N4O/c1-4-15(11-23)19-18-20-16(14-8-6-5-7-9-14)17-12(2)10-13(3)21-22(17)18/h5-10,15,23H,4,11H2,1-3H3,(H,19,20). The summed E-state index contributed by atoms with van der Waals surface area (Å²) in [4.78, 5) is 4.78. The Kier molecular flexibility index (Phi) is 4.30. The molecule has 5 nitrogen and oxygen atoms in total. The van der Waals surface area contributed by atoms with Crippen LogP contribution in [0.1, 0.15) is 24.6 Å². The van der Waals surface area contributed by atoms with Gasteiger partial charge in [-0.05, 0) is 31.9 Å². The smallest absolute Gasteiger partial charge is 0.225 e. The molecule has 23 heavy (non-hydrogen) atoms. The van der Waals surface area contributed by atoms with Crippen molar-refractivity contribution in [3.63, 3.8) is 0 Å². The van der Waals surface area contributed by atoms with E-state index in [1.807, 2.05) is 36.6 Å². The van der Waals surface area contributed by atoms with Gasteiger partial charge in [0.25, 0.3) is 0 Å². The first-order chi connectivity index (χ1) is 11.1. The highest BCUT2D eigenvalue weighted by molar-refractivity contribution is 5.81. The fourth-order valence-corrected chi connectivity index (χ4v) is 2.78. The Morgan fingerprint density at radius 1 is 1.22 bits per heavy atom. The Hall–Kier alpha value is -2.40. The van der Waals surface area contributed by atoms with Crippen LogP contribution >= 0.6 is 0 Å². The predicted octanol–water partition coefficient (Wildman–Crippen LogP) is 3.20. The van der Waals surface area contributed by atoms with Crippen molar-refractivity contribution in [1.82, 2.24) is 14.6 Å². The molecule has 0 spiro atoms. The zero-order chi connectivity index (χ0) is 16.4. The lowest BCUT2D eigenvalue weighted by atomic mass is 10.1. The number of aryl methyl sites for hydroxylation is 2. The van der Waals surface area contributed by atoms with Gasteiger partial charge in [-0.1, -0.05) is 37.3 Å². The molecule has 0 saturated heterocycles. The summed E-state index contributed by atoms with van der Waals surface area (Å²) < 4.78 is 1.85. The van der Waals surface area contributed by atoms with Gasteiger partial charge >= 0.3 is 0 Å². The van der Waals surface area contributed by atoms with Crippen LogP contribution in [0.5, 0.6) is 0 Å². The molecule has 120 valence electrons. The average Bonchev–Trinajstić information content (AvgIpc) is 2.92. The number of imidazole rings is 1. The number of aliphatic hydroxyl groups is 1.